The second-order valence-electron chi connectivity index (χ2n) is 1.56. The third-order valence-electron chi connectivity index (χ3n) is 0.927. The van der Waals surface area contributed by atoms with E-state index in [1.807, 2.05) is 0 Å². The van der Waals surface area contributed by atoms with Crippen LogP contribution in [0, 0.1) is 0 Å². The van der Waals surface area contributed by atoms with Crippen molar-refractivity contribution in [2.45, 2.75) is 6.04 Å². The van der Waals surface area contributed by atoms with Gasteiger partial charge in [0, 0.05) is 0 Å². The predicted molar refractivity (Wildman–Crippen MR) is 28.1 cm³/mol. The van der Waals surface area contributed by atoms with Gasteiger partial charge in [-0.05, 0) is 0 Å². The van der Waals surface area contributed by atoms with Crippen molar-refractivity contribution in [1.82, 2.24) is 5.43 Å². The van der Waals surface area contributed by atoms with E-state index in [1.165, 1.54) is 0 Å². The molecule has 2 N–H and O–H groups in total. The van der Waals surface area contributed by atoms with Crippen LogP contribution in [0.3, 0.4) is 0 Å². The summed E-state index contributed by atoms with van der Waals surface area (Å²) in [5.74, 6) is -1.71. The fraction of sp³-hybridized carbons (Fsp3) is 0.250. The third-order valence-corrected chi connectivity index (χ3v) is 0.927. The first kappa shape index (κ1) is 5.74. The highest BCUT2D eigenvalue weighted by atomic mass is 16.4. The van der Waals surface area contributed by atoms with Gasteiger partial charge in [-0.1, -0.05) is 0 Å². The number of rotatable bonds is 1. The smallest absolute Gasteiger partial charge is 0.335 e. The molecule has 1 aliphatic heterocycles. The Morgan fingerprint density at radius 1 is 1.89 bits per heavy atom. The van der Waals surface area contributed by atoms with Crippen LogP contribution in [0.15, 0.2) is 5.10 Å². The Hall–Kier alpha value is -1.39. The molecular weight excluding hydrogens is 124 g/mol. The lowest BCUT2D eigenvalue weighted by atomic mass is 10.2. The van der Waals surface area contributed by atoms with Crippen LogP contribution in [0.5, 0.6) is 0 Å². The maximum absolute atomic E-state index is 10.4. The number of ketones is 1. The molecule has 1 rings (SSSR count). The molecule has 48 valence electrons. The van der Waals surface area contributed by atoms with E-state index in [0.717, 1.165) is 6.21 Å². The summed E-state index contributed by atoms with van der Waals surface area (Å²) in [6.45, 7) is 0. The quantitative estimate of drug-likeness (QED) is 0.425. The van der Waals surface area contributed by atoms with Gasteiger partial charge in [0.2, 0.25) is 11.8 Å². The molecule has 0 aliphatic carbocycles. The summed E-state index contributed by atoms with van der Waals surface area (Å²) < 4.78 is 0. The lowest BCUT2D eigenvalue weighted by Gasteiger charge is -1.98. The molecule has 0 aromatic rings. The highest BCUT2D eigenvalue weighted by Crippen LogP contribution is 1.90. The Balaban J connectivity index is 2.66. The second kappa shape index (κ2) is 1.85. The molecule has 0 aromatic carbocycles. The van der Waals surface area contributed by atoms with Gasteiger partial charge >= 0.3 is 5.97 Å². The molecule has 1 aliphatic rings. The number of carboxylic acids is 1. The van der Waals surface area contributed by atoms with Gasteiger partial charge in [0.15, 0.2) is 0 Å². The Bertz CT molecular complexity index is 186. The molecular formula is C4H4N2O3. The standard InChI is InChI=1S/C4H4N2O3/c7-2-1-5-6-3(2)4(8)9/h1,3,6H,(H,8,9). The largest absolute Gasteiger partial charge is 0.479 e. The van der Waals surface area contributed by atoms with Crippen molar-refractivity contribution < 1.29 is 14.7 Å². The molecule has 9 heavy (non-hydrogen) atoms. The van der Waals surface area contributed by atoms with E-state index in [2.05, 4.69) is 10.5 Å². The van der Waals surface area contributed by atoms with Crippen molar-refractivity contribution in [3.05, 3.63) is 0 Å². The molecule has 0 aromatic heterocycles. The lowest BCUT2D eigenvalue weighted by Crippen LogP contribution is -2.35. The molecule has 0 spiro atoms. The normalized spacial score (nSPS) is 24.0. The topological polar surface area (TPSA) is 78.8 Å². The average molecular weight is 128 g/mol. The number of nitrogens with one attached hydrogen (secondary N) is 1. The Labute approximate surface area is 50.4 Å². The van der Waals surface area contributed by atoms with Gasteiger partial charge in [0.05, 0.1) is 6.21 Å². The zero-order valence-corrected chi connectivity index (χ0v) is 4.37. The number of Topliss-reactive ketones (excluding diaryl/α,β-unsaturated/α-hetero) is 1. The maximum atomic E-state index is 10.4. The van der Waals surface area contributed by atoms with Gasteiger partial charge in [-0.25, -0.2) is 4.79 Å². The molecule has 5 nitrogen and oxygen atoms in total. The summed E-state index contributed by atoms with van der Waals surface area (Å²) in [5.41, 5.74) is 2.13. The highest BCUT2D eigenvalue weighted by Gasteiger charge is 2.27. The van der Waals surface area contributed by atoms with E-state index in [4.69, 9.17) is 5.11 Å². The predicted octanol–water partition coefficient (Wildman–Crippen LogP) is -1.40. The number of carbonyl (C=O) groups excluding carboxylic acids is 1. The number of hydrazone groups is 1. The number of nitrogens with zero attached hydrogens (tertiary/aromatic N) is 1. The van der Waals surface area contributed by atoms with Gasteiger partial charge in [0.1, 0.15) is 0 Å². The van der Waals surface area contributed by atoms with Crippen LogP contribution in [-0.4, -0.2) is 29.1 Å². The van der Waals surface area contributed by atoms with Crippen molar-refractivity contribution in [2.75, 3.05) is 0 Å². The van der Waals surface area contributed by atoms with Crippen molar-refractivity contribution in [3.8, 4) is 0 Å². The molecule has 1 unspecified atom stereocenters. The first-order valence-electron chi connectivity index (χ1n) is 2.27. The van der Waals surface area contributed by atoms with E-state index < -0.39 is 17.8 Å². The summed E-state index contributed by atoms with van der Waals surface area (Å²) in [6.07, 6.45) is 0.957. The summed E-state index contributed by atoms with van der Waals surface area (Å²) >= 11 is 0. The molecule has 0 bridgehead atoms. The zero-order valence-electron chi connectivity index (χ0n) is 4.37. The maximum Gasteiger partial charge on any atom is 0.335 e. The fourth-order valence-corrected chi connectivity index (χ4v) is 0.490. The van der Waals surface area contributed by atoms with Gasteiger partial charge in [-0.2, -0.15) is 5.10 Å². The van der Waals surface area contributed by atoms with Crippen LogP contribution < -0.4 is 5.43 Å². The SMILES string of the molecule is O=C(O)C1NN=CC1=O. The molecule has 0 amide bonds. The molecule has 1 heterocycles. The van der Waals surface area contributed by atoms with E-state index in [-0.39, 0.29) is 0 Å². The van der Waals surface area contributed by atoms with Crippen molar-refractivity contribution in [3.63, 3.8) is 0 Å². The van der Waals surface area contributed by atoms with Crippen LogP contribution in [0.25, 0.3) is 0 Å². The van der Waals surface area contributed by atoms with Crippen LogP contribution in [0.4, 0.5) is 0 Å². The van der Waals surface area contributed by atoms with Gasteiger partial charge in [0.25, 0.3) is 0 Å². The van der Waals surface area contributed by atoms with E-state index in [9.17, 15) is 9.59 Å². The minimum absolute atomic E-state index is 0.512. The Morgan fingerprint density at radius 2 is 2.56 bits per heavy atom. The molecule has 5 heteroatoms. The lowest BCUT2D eigenvalue weighted by molar-refractivity contribution is -0.141. The fourth-order valence-electron chi connectivity index (χ4n) is 0.490. The second-order valence-corrected chi connectivity index (χ2v) is 1.56. The van der Waals surface area contributed by atoms with Gasteiger partial charge < -0.3 is 5.11 Å². The summed E-state index contributed by atoms with van der Waals surface area (Å²) in [6, 6.07) is -1.16. The van der Waals surface area contributed by atoms with Crippen LogP contribution in [0.2, 0.25) is 0 Å². The van der Waals surface area contributed by atoms with Crippen LogP contribution in [0.1, 0.15) is 0 Å². The summed E-state index contributed by atoms with van der Waals surface area (Å²) in [7, 11) is 0. The van der Waals surface area contributed by atoms with Crippen LogP contribution >= 0.6 is 0 Å². The Kier molecular flexibility index (Phi) is 1.18. The molecule has 0 saturated heterocycles. The first-order valence-corrected chi connectivity index (χ1v) is 2.27. The molecule has 0 fully saturated rings. The highest BCUT2D eigenvalue weighted by molar-refractivity contribution is 6.35. The number of hydrogen-bond acceptors (Lipinski definition) is 4. The Morgan fingerprint density at radius 3 is 2.78 bits per heavy atom. The van der Waals surface area contributed by atoms with Crippen molar-refractivity contribution in [1.29, 1.82) is 0 Å². The van der Waals surface area contributed by atoms with Crippen LogP contribution in [-0.2, 0) is 9.59 Å². The monoisotopic (exact) mass is 128 g/mol. The molecule has 1 atom stereocenters. The summed E-state index contributed by atoms with van der Waals surface area (Å²) in [5, 5.41) is 11.5. The van der Waals surface area contributed by atoms with Crippen molar-refractivity contribution >= 4 is 18.0 Å². The van der Waals surface area contributed by atoms with Gasteiger partial charge in [-0.15, -0.1) is 0 Å². The van der Waals surface area contributed by atoms with E-state index >= 15 is 0 Å². The average Bonchev–Trinajstić information content (AvgIpc) is 2.13. The number of carbonyl (C=O) groups is 2. The number of aliphatic carboxylic acids is 1. The minimum atomic E-state index is -1.20. The zero-order chi connectivity index (χ0) is 6.85. The third kappa shape index (κ3) is 0.883. The molecule has 0 saturated carbocycles. The van der Waals surface area contributed by atoms with Crippen molar-refractivity contribution in [2.24, 2.45) is 5.10 Å². The van der Waals surface area contributed by atoms with E-state index in [1.54, 1.807) is 0 Å². The minimum Gasteiger partial charge on any atom is -0.479 e. The number of hydrogen-bond donors (Lipinski definition) is 2. The number of carboxylic acid groups (broad SMARTS) is 1. The summed E-state index contributed by atoms with van der Waals surface area (Å²) in [4.78, 5) is 20.5. The van der Waals surface area contributed by atoms with E-state index in [0.29, 0.717) is 0 Å². The van der Waals surface area contributed by atoms with Gasteiger partial charge in [-0.3, -0.25) is 10.2 Å². The molecule has 0 radical (unpaired) electrons. The first-order chi connectivity index (χ1) is 4.22.